The van der Waals surface area contributed by atoms with Crippen molar-refractivity contribution in [1.29, 1.82) is 0 Å². The molecule has 0 heterocycles. The lowest BCUT2D eigenvalue weighted by molar-refractivity contribution is -0.121. The first-order valence-corrected chi connectivity index (χ1v) is 7.89. The van der Waals surface area contributed by atoms with Crippen LogP contribution in [0.1, 0.15) is 12.5 Å². The van der Waals surface area contributed by atoms with Crippen molar-refractivity contribution >= 4 is 29.1 Å². The number of hydrogen-bond acceptors (Lipinski definition) is 2. The van der Waals surface area contributed by atoms with Crippen LogP contribution in [0.3, 0.4) is 0 Å². The number of carbonyl (C=O) groups is 2. The standard InChI is InChI=1S/C18H18ClFN2O2/c1-13(23)22(17-5-3-2-4-16(17)19)11-10-21-18(24)12-14-6-8-15(20)9-7-14/h2-9H,10-12H2,1H3,(H,21,24). The van der Waals surface area contributed by atoms with Crippen molar-refractivity contribution in [2.24, 2.45) is 0 Å². The van der Waals surface area contributed by atoms with Crippen LogP contribution >= 0.6 is 11.6 Å². The van der Waals surface area contributed by atoms with E-state index in [0.29, 0.717) is 23.8 Å². The van der Waals surface area contributed by atoms with Crippen molar-refractivity contribution in [1.82, 2.24) is 5.32 Å². The number of amides is 2. The number of hydrogen-bond donors (Lipinski definition) is 1. The zero-order valence-electron chi connectivity index (χ0n) is 13.3. The van der Waals surface area contributed by atoms with E-state index in [2.05, 4.69) is 5.32 Å². The van der Waals surface area contributed by atoms with E-state index < -0.39 is 0 Å². The Morgan fingerprint density at radius 2 is 1.79 bits per heavy atom. The number of rotatable bonds is 6. The van der Waals surface area contributed by atoms with Crippen LogP contribution in [0.25, 0.3) is 0 Å². The van der Waals surface area contributed by atoms with Crippen LogP contribution in [0.4, 0.5) is 10.1 Å². The predicted molar refractivity (Wildman–Crippen MR) is 92.6 cm³/mol. The van der Waals surface area contributed by atoms with Gasteiger partial charge in [-0.25, -0.2) is 4.39 Å². The molecule has 126 valence electrons. The van der Waals surface area contributed by atoms with E-state index in [9.17, 15) is 14.0 Å². The number of carbonyl (C=O) groups excluding carboxylic acids is 2. The van der Waals surface area contributed by atoms with E-state index in [1.165, 1.54) is 24.0 Å². The second kappa shape index (κ2) is 8.45. The monoisotopic (exact) mass is 348 g/mol. The number of para-hydroxylation sites is 1. The van der Waals surface area contributed by atoms with Crippen LogP contribution in [0.2, 0.25) is 5.02 Å². The third kappa shape index (κ3) is 5.06. The van der Waals surface area contributed by atoms with Crippen LogP contribution in [0.5, 0.6) is 0 Å². The summed E-state index contributed by atoms with van der Waals surface area (Å²) in [6.45, 7) is 2.06. The Labute approximate surface area is 145 Å². The lowest BCUT2D eigenvalue weighted by Gasteiger charge is -2.22. The number of nitrogens with zero attached hydrogens (tertiary/aromatic N) is 1. The van der Waals surface area contributed by atoms with Crippen molar-refractivity contribution in [3.63, 3.8) is 0 Å². The topological polar surface area (TPSA) is 49.4 Å². The Bertz CT molecular complexity index is 719. The van der Waals surface area contributed by atoms with Gasteiger partial charge in [0.25, 0.3) is 0 Å². The summed E-state index contributed by atoms with van der Waals surface area (Å²) < 4.78 is 12.8. The fourth-order valence-corrected chi connectivity index (χ4v) is 2.51. The van der Waals surface area contributed by atoms with Gasteiger partial charge in [0.2, 0.25) is 11.8 Å². The Kier molecular flexibility index (Phi) is 6.32. The summed E-state index contributed by atoms with van der Waals surface area (Å²) in [5, 5.41) is 3.23. The Balaban J connectivity index is 1.89. The van der Waals surface area contributed by atoms with E-state index in [-0.39, 0.29) is 24.1 Å². The summed E-state index contributed by atoms with van der Waals surface area (Å²) >= 11 is 6.11. The first-order valence-electron chi connectivity index (χ1n) is 7.51. The second-order valence-electron chi connectivity index (χ2n) is 5.28. The third-order valence-electron chi connectivity index (χ3n) is 3.46. The molecular weight excluding hydrogens is 331 g/mol. The van der Waals surface area contributed by atoms with Crippen molar-refractivity contribution in [3.8, 4) is 0 Å². The first-order chi connectivity index (χ1) is 11.5. The summed E-state index contributed by atoms with van der Waals surface area (Å²) in [4.78, 5) is 25.2. The van der Waals surface area contributed by atoms with Gasteiger partial charge in [0.15, 0.2) is 0 Å². The molecule has 0 unspecified atom stereocenters. The Hall–Kier alpha value is -2.40. The van der Waals surface area contributed by atoms with Gasteiger partial charge in [-0.15, -0.1) is 0 Å². The van der Waals surface area contributed by atoms with Gasteiger partial charge in [0, 0.05) is 20.0 Å². The van der Waals surface area contributed by atoms with Gasteiger partial charge in [-0.3, -0.25) is 9.59 Å². The molecule has 0 aromatic heterocycles. The van der Waals surface area contributed by atoms with Gasteiger partial charge < -0.3 is 10.2 Å². The molecule has 0 fully saturated rings. The largest absolute Gasteiger partial charge is 0.354 e. The molecule has 0 bridgehead atoms. The van der Waals surface area contributed by atoms with Gasteiger partial charge in [0.05, 0.1) is 17.1 Å². The molecular formula is C18H18ClFN2O2. The molecule has 0 saturated carbocycles. The van der Waals surface area contributed by atoms with Crippen LogP contribution in [-0.2, 0) is 16.0 Å². The lowest BCUT2D eigenvalue weighted by atomic mass is 10.1. The van der Waals surface area contributed by atoms with Crippen molar-refractivity contribution in [3.05, 3.63) is 64.9 Å². The fourth-order valence-electron chi connectivity index (χ4n) is 2.28. The van der Waals surface area contributed by atoms with E-state index in [1.54, 1.807) is 36.4 Å². The highest BCUT2D eigenvalue weighted by Gasteiger charge is 2.14. The van der Waals surface area contributed by atoms with Gasteiger partial charge in [-0.2, -0.15) is 0 Å². The molecule has 0 spiro atoms. The quantitative estimate of drug-likeness (QED) is 0.871. The van der Waals surface area contributed by atoms with Crippen LogP contribution in [0.15, 0.2) is 48.5 Å². The number of anilines is 1. The van der Waals surface area contributed by atoms with Gasteiger partial charge in [-0.05, 0) is 29.8 Å². The fraction of sp³-hybridized carbons (Fsp3) is 0.222. The highest BCUT2D eigenvalue weighted by atomic mass is 35.5. The maximum Gasteiger partial charge on any atom is 0.224 e. The van der Waals surface area contributed by atoms with Gasteiger partial charge in [0.1, 0.15) is 5.82 Å². The van der Waals surface area contributed by atoms with Crippen molar-refractivity contribution in [2.75, 3.05) is 18.0 Å². The maximum absolute atomic E-state index is 12.8. The third-order valence-corrected chi connectivity index (χ3v) is 3.78. The molecule has 0 aliphatic heterocycles. The van der Waals surface area contributed by atoms with Gasteiger partial charge in [-0.1, -0.05) is 35.9 Å². The predicted octanol–water partition coefficient (Wildman–Crippen LogP) is 3.19. The smallest absolute Gasteiger partial charge is 0.224 e. The molecule has 2 aromatic carbocycles. The molecule has 0 atom stereocenters. The van der Waals surface area contributed by atoms with E-state index in [1.807, 2.05) is 0 Å². The Morgan fingerprint density at radius 3 is 2.42 bits per heavy atom. The van der Waals surface area contributed by atoms with E-state index in [0.717, 1.165) is 5.56 Å². The number of halogens is 2. The summed E-state index contributed by atoms with van der Waals surface area (Å²) in [5.41, 5.74) is 1.34. The van der Waals surface area contributed by atoms with E-state index in [4.69, 9.17) is 11.6 Å². The minimum Gasteiger partial charge on any atom is -0.354 e. The normalized spacial score (nSPS) is 10.3. The van der Waals surface area contributed by atoms with Crippen LogP contribution < -0.4 is 10.2 Å². The average Bonchev–Trinajstić information content (AvgIpc) is 2.54. The van der Waals surface area contributed by atoms with Crippen molar-refractivity contribution < 1.29 is 14.0 Å². The SMILES string of the molecule is CC(=O)N(CCNC(=O)Cc1ccc(F)cc1)c1ccccc1Cl. The molecule has 2 aromatic rings. The molecule has 0 aliphatic rings. The maximum atomic E-state index is 12.8. The molecule has 2 amide bonds. The Morgan fingerprint density at radius 1 is 1.12 bits per heavy atom. The number of benzene rings is 2. The minimum absolute atomic E-state index is 0.157. The molecule has 6 heteroatoms. The summed E-state index contributed by atoms with van der Waals surface area (Å²) in [6.07, 6.45) is 0.159. The number of nitrogens with one attached hydrogen (secondary N) is 1. The van der Waals surface area contributed by atoms with Crippen LogP contribution in [-0.4, -0.2) is 24.9 Å². The van der Waals surface area contributed by atoms with Gasteiger partial charge >= 0.3 is 0 Å². The highest BCUT2D eigenvalue weighted by Crippen LogP contribution is 2.24. The lowest BCUT2D eigenvalue weighted by Crippen LogP contribution is -2.38. The molecule has 24 heavy (non-hydrogen) atoms. The summed E-state index contributed by atoms with van der Waals surface area (Å²) in [5.74, 6) is -0.684. The molecule has 0 radical (unpaired) electrons. The molecule has 0 aliphatic carbocycles. The first kappa shape index (κ1) is 17.9. The average molecular weight is 349 g/mol. The second-order valence-corrected chi connectivity index (χ2v) is 5.68. The molecule has 2 rings (SSSR count). The summed E-state index contributed by atoms with van der Waals surface area (Å²) in [7, 11) is 0. The zero-order chi connectivity index (χ0) is 17.5. The highest BCUT2D eigenvalue weighted by molar-refractivity contribution is 6.33. The summed E-state index contributed by atoms with van der Waals surface area (Å²) in [6, 6.07) is 12.8. The van der Waals surface area contributed by atoms with Crippen molar-refractivity contribution in [2.45, 2.75) is 13.3 Å². The molecule has 1 N–H and O–H groups in total. The van der Waals surface area contributed by atoms with E-state index >= 15 is 0 Å². The zero-order valence-corrected chi connectivity index (χ0v) is 14.0. The molecule has 0 saturated heterocycles. The van der Waals surface area contributed by atoms with Crippen LogP contribution in [0, 0.1) is 5.82 Å². The molecule has 4 nitrogen and oxygen atoms in total. The minimum atomic E-state index is -0.337.